The van der Waals surface area contributed by atoms with Crippen molar-refractivity contribution in [1.29, 1.82) is 0 Å². The Morgan fingerprint density at radius 3 is 2.80 bits per heavy atom. The Kier molecular flexibility index (Phi) is 4.31. The van der Waals surface area contributed by atoms with E-state index in [1.165, 1.54) is 0 Å². The van der Waals surface area contributed by atoms with Gasteiger partial charge in [-0.2, -0.15) is 0 Å². The molecule has 0 radical (unpaired) electrons. The molecule has 3 nitrogen and oxygen atoms in total. The van der Waals surface area contributed by atoms with Crippen LogP contribution < -0.4 is 10.5 Å². The van der Waals surface area contributed by atoms with Gasteiger partial charge in [0.2, 0.25) is 0 Å². The lowest BCUT2D eigenvalue weighted by Crippen LogP contribution is -2.06. The van der Waals surface area contributed by atoms with E-state index in [2.05, 4.69) is 6.92 Å². The Bertz CT molecular complexity index is 336. The van der Waals surface area contributed by atoms with Crippen LogP contribution in [0.2, 0.25) is 0 Å². The highest BCUT2D eigenvalue weighted by Gasteiger charge is 2.10. The number of hydrogen-bond donors (Lipinski definition) is 1. The molecule has 0 bridgehead atoms. The van der Waals surface area contributed by atoms with Crippen LogP contribution in [-0.4, -0.2) is 19.9 Å². The molecular formula is C12H17NO2. The summed E-state index contributed by atoms with van der Waals surface area (Å²) in [4.78, 5) is 10.9. The van der Waals surface area contributed by atoms with E-state index in [0.717, 1.165) is 18.3 Å². The molecule has 0 heterocycles. The molecule has 0 saturated heterocycles. The number of hydrogen-bond acceptors (Lipinski definition) is 3. The molecular weight excluding hydrogens is 190 g/mol. The van der Waals surface area contributed by atoms with Crippen molar-refractivity contribution in [3.63, 3.8) is 0 Å². The summed E-state index contributed by atoms with van der Waals surface area (Å²) >= 11 is 0. The second-order valence-electron chi connectivity index (χ2n) is 3.59. The number of methoxy groups -OCH3 is 1. The third-order valence-corrected chi connectivity index (χ3v) is 2.55. The minimum absolute atomic E-state index is 0.307. The van der Waals surface area contributed by atoms with Crippen molar-refractivity contribution in [2.24, 2.45) is 5.73 Å². The monoisotopic (exact) mass is 207 g/mol. The summed E-state index contributed by atoms with van der Waals surface area (Å²) in [6.07, 6.45) is 1.75. The number of rotatable bonds is 5. The zero-order valence-electron chi connectivity index (χ0n) is 9.19. The lowest BCUT2D eigenvalue weighted by molar-refractivity contribution is 0.112. The van der Waals surface area contributed by atoms with E-state index in [1.807, 2.05) is 12.1 Å². The molecule has 0 fully saturated rings. The Morgan fingerprint density at radius 1 is 1.53 bits per heavy atom. The molecule has 0 aliphatic heterocycles. The molecule has 82 valence electrons. The molecule has 0 amide bonds. The van der Waals surface area contributed by atoms with E-state index in [-0.39, 0.29) is 0 Å². The van der Waals surface area contributed by atoms with Crippen LogP contribution >= 0.6 is 0 Å². The van der Waals surface area contributed by atoms with Crippen LogP contribution in [0.4, 0.5) is 0 Å². The zero-order valence-corrected chi connectivity index (χ0v) is 9.19. The highest BCUT2D eigenvalue weighted by atomic mass is 16.5. The van der Waals surface area contributed by atoms with Gasteiger partial charge < -0.3 is 10.5 Å². The first-order chi connectivity index (χ1) is 7.22. The number of ether oxygens (including phenoxy) is 1. The van der Waals surface area contributed by atoms with Crippen LogP contribution in [0.25, 0.3) is 0 Å². The standard InChI is InChI=1S/C12H17NO2/c1-9(5-6-13)12-4-3-11(15-2)7-10(12)8-14/h3-4,7-9H,5-6,13H2,1-2H3. The van der Waals surface area contributed by atoms with Gasteiger partial charge in [0.05, 0.1) is 7.11 Å². The van der Waals surface area contributed by atoms with Crippen molar-refractivity contribution < 1.29 is 9.53 Å². The summed E-state index contributed by atoms with van der Waals surface area (Å²) in [5, 5.41) is 0. The van der Waals surface area contributed by atoms with Gasteiger partial charge in [-0.1, -0.05) is 13.0 Å². The molecule has 1 atom stereocenters. The van der Waals surface area contributed by atoms with Gasteiger partial charge in [0.1, 0.15) is 12.0 Å². The van der Waals surface area contributed by atoms with Crippen molar-refractivity contribution in [3.05, 3.63) is 29.3 Å². The van der Waals surface area contributed by atoms with Crippen molar-refractivity contribution in [2.45, 2.75) is 19.3 Å². The summed E-state index contributed by atoms with van der Waals surface area (Å²) < 4.78 is 5.07. The number of aldehydes is 1. The van der Waals surface area contributed by atoms with Gasteiger partial charge >= 0.3 is 0 Å². The van der Waals surface area contributed by atoms with Gasteiger partial charge in [0, 0.05) is 5.56 Å². The summed E-state index contributed by atoms with van der Waals surface area (Å²) in [7, 11) is 1.59. The highest BCUT2D eigenvalue weighted by Crippen LogP contribution is 2.25. The van der Waals surface area contributed by atoms with Crippen LogP contribution in [0.15, 0.2) is 18.2 Å². The van der Waals surface area contributed by atoms with E-state index in [4.69, 9.17) is 10.5 Å². The van der Waals surface area contributed by atoms with Crippen LogP contribution in [0.1, 0.15) is 35.2 Å². The molecule has 2 N–H and O–H groups in total. The van der Waals surface area contributed by atoms with E-state index >= 15 is 0 Å². The van der Waals surface area contributed by atoms with Gasteiger partial charge in [0.25, 0.3) is 0 Å². The Hall–Kier alpha value is -1.35. The number of nitrogens with two attached hydrogens (primary N) is 1. The predicted molar refractivity (Wildman–Crippen MR) is 60.5 cm³/mol. The lowest BCUT2D eigenvalue weighted by atomic mass is 9.93. The molecule has 0 aromatic heterocycles. The van der Waals surface area contributed by atoms with Gasteiger partial charge in [0.15, 0.2) is 0 Å². The first kappa shape index (κ1) is 11.7. The minimum atomic E-state index is 0.307. The Morgan fingerprint density at radius 2 is 2.27 bits per heavy atom. The van der Waals surface area contributed by atoms with Gasteiger partial charge in [-0.25, -0.2) is 0 Å². The first-order valence-electron chi connectivity index (χ1n) is 5.06. The van der Waals surface area contributed by atoms with E-state index in [9.17, 15) is 4.79 Å². The largest absolute Gasteiger partial charge is 0.497 e. The van der Waals surface area contributed by atoms with Gasteiger partial charge in [-0.15, -0.1) is 0 Å². The molecule has 1 unspecified atom stereocenters. The van der Waals surface area contributed by atoms with E-state index in [1.54, 1.807) is 13.2 Å². The number of benzene rings is 1. The second-order valence-corrected chi connectivity index (χ2v) is 3.59. The van der Waals surface area contributed by atoms with Crippen LogP contribution in [0.3, 0.4) is 0 Å². The molecule has 0 spiro atoms. The van der Waals surface area contributed by atoms with Crippen LogP contribution in [0, 0.1) is 0 Å². The van der Waals surface area contributed by atoms with Crippen molar-refractivity contribution in [2.75, 3.05) is 13.7 Å². The highest BCUT2D eigenvalue weighted by molar-refractivity contribution is 5.78. The fourth-order valence-electron chi connectivity index (χ4n) is 1.64. The van der Waals surface area contributed by atoms with Crippen molar-refractivity contribution in [1.82, 2.24) is 0 Å². The molecule has 1 aromatic carbocycles. The summed E-state index contributed by atoms with van der Waals surface area (Å²) in [5.74, 6) is 1.02. The lowest BCUT2D eigenvalue weighted by Gasteiger charge is -2.13. The quantitative estimate of drug-likeness (QED) is 0.751. The molecule has 1 aromatic rings. The maximum atomic E-state index is 10.9. The topological polar surface area (TPSA) is 52.3 Å². The van der Waals surface area contributed by atoms with Crippen molar-refractivity contribution in [3.8, 4) is 5.75 Å². The third-order valence-electron chi connectivity index (χ3n) is 2.55. The minimum Gasteiger partial charge on any atom is -0.497 e. The second kappa shape index (κ2) is 5.51. The Labute approximate surface area is 90.2 Å². The fraction of sp³-hybridized carbons (Fsp3) is 0.417. The van der Waals surface area contributed by atoms with Crippen molar-refractivity contribution >= 4 is 6.29 Å². The molecule has 0 aliphatic carbocycles. The zero-order chi connectivity index (χ0) is 11.3. The molecule has 1 rings (SSSR count). The molecule has 15 heavy (non-hydrogen) atoms. The summed E-state index contributed by atoms with van der Waals surface area (Å²) in [6, 6.07) is 5.56. The van der Waals surface area contributed by atoms with E-state index < -0.39 is 0 Å². The maximum absolute atomic E-state index is 10.9. The third kappa shape index (κ3) is 2.80. The predicted octanol–water partition coefficient (Wildman–Crippen LogP) is 1.96. The summed E-state index contributed by atoms with van der Waals surface area (Å²) in [5.41, 5.74) is 7.23. The number of carbonyl (C=O) groups is 1. The SMILES string of the molecule is COc1ccc(C(C)CCN)c(C=O)c1. The van der Waals surface area contributed by atoms with E-state index in [0.29, 0.717) is 23.8 Å². The average molecular weight is 207 g/mol. The first-order valence-corrected chi connectivity index (χ1v) is 5.06. The summed E-state index contributed by atoms with van der Waals surface area (Å²) in [6.45, 7) is 2.70. The smallest absolute Gasteiger partial charge is 0.150 e. The molecule has 3 heteroatoms. The Balaban J connectivity index is 3.01. The average Bonchev–Trinajstić information content (AvgIpc) is 2.28. The molecule has 0 saturated carbocycles. The molecule has 0 aliphatic rings. The number of carbonyl (C=O) groups excluding carboxylic acids is 1. The van der Waals surface area contributed by atoms with Crippen LogP contribution in [0.5, 0.6) is 5.75 Å². The maximum Gasteiger partial charge on any atom is 0.150 e. The van der Waals surface area contributed by atoms with Gasteiger partial charge in [-0.3, -0.25) is 4.79 Å². The normalized spacial score (nSPS) is 12.2. The van der Waals surface area contributed by atoms with Crippen LogP contribution in [-0.2, 0) is 0 Å². The van der Waals surface area contributed by atoms with Gasteiger partial charge in [-0.05, 0) is 36.6 Å². The fourth-order valence-corrected chi connectivity index (χ4v) is 1.64.